The molecule has 0 aliphatic carbocycles. The molecule has 2 aromatic rings. The summed E-state index contributed by atoms with van der Waals surface area (Å²) in [6, 6.07) is 14.1. The van der Waals surface area contributed by atoms with E-state index in [1.54, 1.807) is 0 Å². The number of hydrogen-bond donors (Lipinski definition) is 1. The van der Waals surface area contributed by atoms with Gasteiger partial charge in [-0.05, 0) is 36.2 Å². The van der Waals surface area contributed by atoms with Gasteiger partial charge in [-0.15, -0.1) is 0 Å². The fourth-order valence-electron chi connectivity index (χ4n) is 2.08. The molecular weight excluding hydrogens is 288 g/mol. The minimum atomic E-state index is 0.322. The Kier molecular flexibility index (Phi) is 4.63. The van der Waals surface area contributed by atoms with Crippen molar-refractivity contribution in [3.8, 4) is 0 Å². The van der Waals surface area contributed by atoms with E-state index in [1.165, 1.54) is 11.1 Å². The Morgan fingerprint density at radius 1 is 1.25 bits per heavy atom. The van der Waals surface area contributed by atoms with Gasteiger partial charge in [0, 0.05) is 24.8 Å². The maximum absolute atomic E-state index is 6.21. The van der Waals surface area contributed by atoms with Crippen LogP contribution in [0, 0.1) is 6.92 Å². The summed E-state index contributed by atoms with van der Waals surface area (Å²) in [6.45, 7) is 2.95. The van der Waals surface area contributed by atoms with Crippen molar-refractivity contribution in [2.24, 2.45) is 5.73 Å². The summed E-state index contributed by atoms with van der Waals surface area (Å²) in [7, 11) is 2.04. The first-order valence-electron chi connectivity index (χ1n) is 6.34. The number of benzene rings is 2. The standard InChI is InChI=1S/C16H17ClN2S/c1-11-5-3-4-6-12(11)10-19(2)13-7-8-14(16(18)20)15(17)9-13/h3-9H,10H2,1-2H3,(H2,18,20). The predicted molar refractivity (Wildman–Crippen MR) is 90.6 cm³/mol. The molecule has 4 heteroatoms. The van der Waals surface area contributed by atoms with Crippen molar-refractivity contribution in [2.75, 3.05) is 11.9 Å². The second kappa shape index (κ2) is 6.25. The lowest BCUT2D eigenvalue weighted by Crippen LogP contribution is -2.17. The fraction of sp³-hybridized carbons (Fsp3) is 0.188. The quantitative estimate of drug-likeness (QED) is 0.868. The van der Waals surface area contributed by atoms with E-state index in [-0.39, 0.29) is 0 Å². The summed E-state index contributed by atoms with van der Waals surface area (Å²) in [5.41, 5.74) is 9.95. The molecule has 0 aromatic heterocycles. The van der Waals surface area contributed by atoms with Crippen molar-refractivity contribution in [1.29, 1.82) is 0 Å². The lowest BCUT2D eigenvalue weighted by Gasteiger charge is -2.21. The van der Waals surface area contributed by atoms with Gasteiger partial charge in [0.2, 0.25) is 0 Å². The van der Waals surface area contributed by atoms with E-state index in [4.69, 9.17) is 29.6 Å². The minimum absolute atomic E-state index is 0.322. The molecule has 0 aliphatic rings. The zero-order valence-electron chi connectivity index (χ0n) is 11.6. The minimum Gasteiger partial charge on any atom is -0.389 e. The Hall–Kier alpha value is -1.58. The molecule has 0 unspecified atom stereocenters. The third-order valence-electron chi connectivity index (χ3n) is 3.33. The van der Waals surface area contributed by atoms with Crippen LogP contribution in [0.25, 0.3) is 0 Å². The van der Waals surface area contributed by atoms with Gasteiger partial charge in [0.25, 0.3) is 0 Å². The Bertz CT molecular complexity index is 640. The molecule has 0 amide bonds. The molecule has 2 N–H and O–H groups in total. The van der Waals surface area contributed by atoms with Crippen molar-refractivity contribution in [2.45, 2.75) is 13.5 Å². The summed E-state index contributed by atoms with van der Waals surface area (Å²) >= 11 is 11.2. The average Bonchev–Trinajstić information content (AvgIpc) is 2.40. The highest BCUT2D eigenvalue weighted by molar-refractivity contribution is 7.80. The predicted octanol–water partition coefficient (Wildman–Crippen LogP) is 3.92. The van der Waals surface area contributed by atoms with E-state index in [9.17, 15) is 0 Å². The van der Waals surface area contributed by atoms with Crippen molar-refractivity contribution < 1.29 is 0 Å². The number of halogens is 1. The molecule has 0 aliphatic heterocycles. The number of aryl methyl sites for hydroxylation is 1. The average molecular weight is 305 g/mol. The molecule has 104 valence electrons. The fourth-order valence-corrected chi connectivity index (χ4v) is 2.59. The van der Waals surface area contributed by atoms with Crippen LogP contribution in [-0.2, 0) is 6.54 Å². The van der Waals surface area contributed by atoms with Gasteiger partial charge in [-0.1, -0.05) is 48.1 Å². The topological polar surface area (TPSA) is 29.3 Å². The Balaban J connectivity index is 2.22. The second-order valence-corrected chi connectivity index (χ2v) is 5.66. The lowest BCUT2D eigenvalue weighted by molar-refractivity contribution is 0.914. The van der Waals surface area contributed by atoms with Gasteiger partial charge < -0.3 is 10.6 Å². The first-order chi connectivity index (χ1) is 9.49. The van der Waals surface area contributed by atoms with Crippen LogP contribution in [0.5, 0.6) is 0 Å². The monoisotopic (exact) mass is 304 g/mol. The smallest absolute Gasteiger partial charge is 0.105 e. The second-order valence-electron chi connectivity index (χ2n) is 4.81. The lowest BCUT2D eigenvalue weighted by atomic mass is 10.1. The van der Waals surface area contributed by atoms with Crippen LogP contribution in [0.1, 0.15) is 16.7 Å². The molecule has 0 bridgehead atoms. The maximum Gasteiger partial charge on any atom is 0.105 e. The highest BCUT2D eigenvalue weighted by atomic mass is 35.5. The van der Waals surface area contributed by atoms with Crippen molar-refractivity contribution in [3.05, 3.63) is 64.2 Å². The molecule has 0 radical (unpaired) electrons. The van der Waals surface area contributed by atoms with Gasteiger partial charge in [-0.3, -0.25) is 0 Å². The summed E-state index contributed by atoms with van der Waals surface area (Å²) in [6.07, 6.45) is 0. The first kappa shape index (κ1) is 14.8. The number of thiocarbonyl (C=S) groups is 1. The van der Waals surface area contributed by atoms with Gasteiger partial charge >= 0.3 is 0 Å². The zero-order valence-corrected chi connectivity index (χ0v) is 13.1. The van der Waals surface area contributed by atoms with E-state index in [2.05, 4.69) is 30.0 Å². The SMILES string of the molecule is Cc1ccccc1CN(C)c1ccc(C(N)=S)c(Cl)c1. The molecular formula is C16H17ClN2S. The summed E-state index contributed by atoms with van der Waals surface area (Å²) in [5, 5.41) is 0.589. The van der Waals surface area contributed by atoms with E-state index in [1.807, 2.05) is 31.3 Å². The van der Waals surface area contributed by atoms with Crippen LogP contribution in [0.2, 0.25) is 5.02 Å². The van der Waals surface area contributed by atoms with E-state index in [0.29, 0.717) is 10.0 Å². The van der Waals surface area contributed by atoms with Crippen LogP contribution >= 0.6 is 23.8 Å². The van der Waals surface area contributed by atoms with Gasteiger partial charge in [0.15, 0.2) is 0 Å². The Morgan fingerprint density at radius 3 is 2.55 bits per heavy atom. The number of nitrogens with two attached hydrogens (primary N) is 1. The van der Waals surface area contributed by atoms with Gasteiger partial charge in [0.05, 0.1) is 5.02 Å². The van der Waals surface area contributed by atoms with Crippen LogP contribution in [-0.4, -0.2) is 12.0 Å². The Morgan fingerprint density at radius 2 is 1.95 bits per heavy atom. The zero-order chi connectivity index (χ0) is 14.7. The van der Waals surface area contributed by atoms with Gasteiger partial charge in [-0.2, -0.15) is 0 Å². The van der Waals surface area contributed by atoms with Crippen molar-refractivity contribution >= 4 is 34.5 Å². The number of nitrogens with zero attached hydrogens (tertiary/aromatic N) is 1. The van der Waals surface area contributed by atoms with Crippen molar-refractivity contribution in [1.82, 2.24) is 0 Å². The van der Waals surface area contributed by atoms with Crippen LogP contribution < -0.4 is 10.6 Å². The molecule has 0 spiro atoms. The highest BCUT2D eigenvalue weighted by Crippen LogP contribution is 2.24. The molecule has 0 heterocycles. The summed E-state index contributed by atoms with van der Waals surface area (Å²) < 4.78 is 0. The molecule has 2 nitrogen and oxygen atoms in total. The molecule has 20 heavy (non-hydrogen) atoms. The van der Waals surface area contributed by atoms with Crippen molar-refractivity contribution in [3.63, 3.8) is 0 Å². The van der Waals surface area contributed by atoms with Gasteiger partial charge in [0.1, 0.15) is 4.99 Å². The molecule has 0 saturated heterocycles. The molecule has 0 fully saturated rings. The van der Waals surface area contributed by atoms with Crippen LogP contribution in [0.3, 0.4) is 0 Å². The molecule has 0 saturated carbocycles. The normalized spacial score (nSPS) is 10.3. The Labute approximate surface area is 130 Å². The highest BCUT2D eigenvalue weighted by Gasteiger charge is 2.08. The third-order valence-corrected chi connectivity index (χ3v) is 3.86. The van der Waals surface area contributed by atoms with Crippen LogP contribution in [0.4, 0.5) is 5.69 Å². The first-order valence-corrected chi connectivity index (χ1v) is 7.12. The van der Waals surface area contributed by atoms with Gasteiger partial charge in [-0.25, -0.2) is 0 Å². The summed E-state index contributed by atoms with van der Waals surface area (Å²) in [4.78, 5) is 2.47. The molecule has 2 aromatic carbocycles. The number of rotatable bonds is 4. The number of anilines is 1. The van der Waals surface area contributed by atoms with E-state index < -0.39 is 0 Å². The third kappa shape index (κ3) is 3.30. The molecule has 0 atom stereocenters. The maximum atomic E-state index is 6.21. The van der Waals surface area contributed by atoms with Crippen LogP contribution in [0.15, 0.2) is 42.5 Å². The van der Waals surface area contributed by atoms with E-state index in [0.717, 1.165) is 17.8 Å². The van der Waals surface area contributed by atoms with E-state index >= 15 is 0 Å². The largest absolute Gasteiger partial charge is 0.389 e. The summed E-state index contributed by atoms with van der Waals surface area (Å²) in [5.74, 6) is 0. The number of hydrogen-bond acceptors (Lipinski definition) is 2. The molecule has 2 rings (SSSR count).